The summed E-state index contributed by atoms with van der Waals surface area (Å²) in [6.07, 6.45) is -0.188. The third kappa shape index (κ3) is 4.19. The highest BCUT2D eigenvalue weighted by Gasteiger charge is 2.14. The fourth-order valence-corrected chi connectivity index (χ4v) is 1.83. The van der Waals surface area contributed by atoms with Crippen molar-refractivity contribution in [3.8, 4) is 5.75 Å². The average Bonchev–Trinajstić information content (AvgIpc) is 2.85. The number of esters is 2. The van der Waals surface area contributed by atoms with Crippen LogP contribution < -0.4 is 4.74 Å². The average molecular weight is 353 g/mol. The standard InChI is InChI=1S/C15H13BrO5/c1-9(2)19-14(17)10-3-5-11(6-4-10)20-15(18)12-7-8-13(16)21-12/h3-9H,1-2H3. The molecule has 0 spiro atoms. The smallest absolute Gasteiger partial charge is 0.379 e. The van der Waals surface area contributed by atoms with Crippen LogP contribution in [-0.4, -0.2) is 18.0 Å². The highest BCUT2D eigenvalue weighted by molar-refractivity contribution is 9.10. The second-order valence-corrected chi connectivity index (χ2v) is 5.25. The van der Waals surface area contributed by atoms with E-state index in [4.69, 9.17) is 13.9 Å². The zero-order valence-electron chi connectivity index (χ0n) is 11.5. The summed E-state index contributed by atoms with van der Waals surface area (Å²) in [5.41, 5.74) is 0.393. The number of hydrogen-bond donors (Lipinski definition) is 0. The van der Waals surface area contributed by atoms with Gasteiger partial charge in [-0.15, -0.1) is 0 Å². The summed E-state index contributed by atoms with van der Waals surface area (Å²) >= 11 is 3.11. The summed E-state index contributed by atoms with van der Waals surface area (Å²) in [5.74, 6) is -0.630. The first-order chi connectivity index (χ1) is 9.95. The first-order valence-electron chi connectivity index (χ1n) is 6.24. The van der Waals surface area contributed by atoms with Gasteiger partial charge in [0.2, 0.25) is 5.76 Å². The number of halogens is 1. The van der Waals surface area contributed by atoms with Crippen LogP contribution >= 0.6 is 15.9 Å². The van der Waals surface area contributed by atoms with Gasteiger partial charge in [-0.1, -0.05) is 0 Å². The van der Waals surface area contributed by atoms with Crippen LogP contribution in [0.5, 0.6) is 5.75 Å². The lowest BCUT2D eigenvalue weighted by atomic mass is 10.2. The minimum Gasteiger partial charge on any atom is -0.459 e. The topological polar surface area (TPSA) is 65.7 Å². The largest absolute Gasteiger partial charge is 0.459 e. The van der Waals surface area contributed by atoms with Crippen molar-refractivity contribution < 1.29 is 23.5 Å². The van der Waals surface area contributed by atoms with Gasteiger partial charge in [0.05, 0.1) is 11.7 Å². The quantitative estimate of drug-likeness (QED) is 0.617. The van der Waals surface area contributed by atoms with Crippen LogP contribution in [0.15, 0.2) is 45.5 Å². The molecule has 110 valence electrons. The van der Waals surface area contributed by atoms with Gasteiger partial charge in [0.25, 0.3) is 0 Å². The number of carbonyl (C=O) groups is 2. The van der Waals surface area contributed by atoms with Crippen LogP contribution in [0, 0.1) is 0 Å². The van der Waals surface area contributed by atoms with Crippen molar-refractivity contribution in [2.75, 3.05) is 0 Å². The minimum atomic E-state index is -0.613. The van der Waals surface area contributed by atoms with Crippen LogP contribution in [0.4, 0.5) is 0 Å². The van der Waals surface area contributed by atoms with Crippen LogP contribution in [0.25, 0.3) is 0 Å². The number of carbonyl (C=O) groups excluding carboxylic acids is 2. The maximum Gasteiger partial charge on any atom is 0.379 e. The Balaban J connectivity index is 2.02. The third-order valence-corrected chi connectivity index (χ3v) is 2.84. The first-order valence-corrected chi connectivity index (χ1v) is 7.03. The molecular formula is C15H13BrO5. The van der Waals surface area contributed by atoms with E-state index in [-0.39, 0.29) is 11.9 Å². The molecule has 1 aromatic heterocycles. The number of hydrogen-bond acceptors (Lipinski definition) is 5. The SMILES string of the molecule is CC(C)OC(=O)c1ccc(OC(=O)c2ccc(Br)o2)cc1. The lowest BCUT2D eigenvalue weighted by Crippen LogP contribution is -2.11. The van der Waals surface area contributed by atoms with Crippen LogP contribution in [0.2, 0.25) is 0 Å². The van der Waals surface area contributed by atoms with Gasteiger partial charge >= 0.3 is 11.9 Å². The van der Waals surface area contributed by atoms with E-state index in [1.165, 1.54) is 30.3 Å². The van der Waals surface area contributed by atoms with Gasteiger partial charge in [0.15, 0.2) is 4.67 Å². The predicted octanol–water partition coefficient (Wildman–Crippen LogP) is 3.83. The number of benzene rings is 1. The van der Waals surface area contributed by atoms with Gasteiger partial charge in [-0.05, 0) is 66.2 Å². The highest BCUT2D eigenvalue weighted by atomic mass is 79.9. The zero-order chi connectivity index (χ0) is 15.4. The Morgan fingerprint density at radius 1 is 1.05 bits per heavy atom. The second-order valence-electron chi connectivity index (χ2n) is 4.47. The first kappa shape index (κ1) is 15.3. The molecule has 1 heterocycles. The van der Waals surface area contributed by atoms with Gasteiger partial charge in [0, 0.05) is 0 Å². The van der Waals surface area contributed by atoms with Crippen LogP contribution in [0.3, 0.4) is 0 Å². The van der Waals surface area contributed by atoms with Crippen molar-refractivity contribution in [3.05, 3.63) is 52.4 Å². The van der Waals surface area contributed by atoms with Crippen molar-refractivity contribution in [1.82, 2.24) is 0 Å². The maximum absolute atomic E-state index is 11.8. The summed E-state index contributed by atoms with van der Waals surface area (Å²) < 4.78 is 15.7. The Bertz CT molecular complexity index is 642. The van der Waals surface area contributed by atoms with Gasteiger partial charge in [-0.25, -0.2) is 9.59 Å². The van der Waals surface area contributed by atoms with Crippen molar-refractivity contribution in [2.45, 2.75) is 20.0 Å². The molecule has 21 heavy (non-hydrogen) atoms. The second kappa shape index (κ2) is 6.58. The van der Waals surface area contributed by atoms with E-state index < -0.39 is 11.9 Å². The Morgan fingerprint density at radius 3 is 2.24 bits per heavy atom. The summed E-state index contributed by atoms with van der Waals surface area (Å²) in [6.45, 7) is 3.55. The highest BCUT2D eigenvalue weighted by Crippen LogP contribution is 2.18. The minimum absolute atomic E-state index is 0.0881. The monoisotopic (exact) mass is 352 g/mol. The Morgan fingerprint density at radius 2 is 1.71 bits per heavy atom. The Kier molecular flexibility index (Phi) is 4.80. The van der Waals surface area contributed by atoms with Crippen LogP contribution in [-0.2, 0) is 4.74 Å². The van der Waals surface area contributed by atoms with Crippen molar-refractivity contribution >= 4 is 27.9 Å². The fourth-order valence-electron chi connectivity index (χ4n) is 1.52. The molecule has 0 aliphatic carbocycles. The molecule has 2 rings (SSSR count). The summed E-state index contributed by atoms with van der Waals surface area (Å²) in [5, 5.41) is 0. The maximum atomic E-state index is 11.8. The molecular weight excluding hydrogens is 340 g/mol. The Labute approximate surface area is 130 Å². The molecule has 5 nitrogen and oxygen atoms in total. The molecule has 2 aromatic rings. The van der Waals surface area contributed by atoms with Gasteiger partial charge < -0.3 is 13.9 Å². The molecule has 0 aliphatic heterocycles. The molecule has 0 radical (unpaired) electrons. The lowest BCUT2D eigenvalue weighted by Gasteiger charge is -2.08. The number of rotatable bonds is 4. The molecule has 0 saturated carbocycles. The predicted molar refractivity (Wildman–Crippen MR) is 78.4 cm³/mol. The van der Waals surface area contributed by atoms with Crippen molar-refractivity contribution in [2.24, 2.45) is 0 Å². The van der Waals surface area contributed by atoms with Gasteiger partial charge in [-0.2, -0.15) is 0 Å². The molecule has 6 heteroatoms. The molecule has 0 saturated heterocycles. The molecule has 0 fully saturated rings. The van der Waals surface area contributed by atoms with E-state index in [0.29, 0.717) is 16.0 Å². The molecule has 0 unspecified atom stereocenters. The van der Waals surface area contributed by atoms with Gasteiger partial charge in [-0.3, -0.25) is 0 Å². The van der Waals surface area contributed by atoms with E-state index >= 15 is 0 Å². The third-order valence-electron chi connectivity index (χ3n) is 2.42. The normalized spacial score (nSPS) is 10.5. The molecule has 1 aromatic carbocycles. The molecule has 0 atom stereocenters. The molecule has 0 amide bonds. The summed E-state index contributed by atoms with van der Waals surface area (Å²) in [6, 6.07) is 9.21. The summed E-state index contributed by atoms with van der Waals surface area (Å²) in [7, 11) is 0. The fraction of sp³-hybridized carbons (Fsp3) is 0.200. The van der Waals surface area contributed by atoms with E-state index in [2.05, 4.69) is 15.9 Å². The van der Waals surface area contributed by atoms with Crippen molar-refractivity contribution in [1.29, 1.82) is 0 Å². The van der Waals surface area contributed by atoms with Crippen molar-refractivity contribution in [3.63, 3.8) is 0 Å². The molecule has 0 N–H and O–H groups in total. The van der Waals surface area contributed by atoms with E-state index in [0.717, 1.165) is 0 Å². The lowest BCUT2D eigenvalue weighted by molar-refractivity contribution is 0.0378. The van der Waals surface area contributed by atoms with Crippen LogP contribution in [0.1, 0.15) is 34.8 Å². The number of ether oxygens (including phenoxy) is 2. The zero-order valence-corrected chi connectivity index (χ0v) is 13.0. The molecule has 0 bridgehead atoms. The molecule has 0 aliphatic rings. The van der Waals surface area contributed by atoms with E-state index in [9.17, 15) is 9.59 Å². The number of furan rings is 1. The summed E-state index contributed by atoms with van der Waals surface area (Å²) in [4.78, 5) is 23.4. The van der Waals surface area contributed by atoms with E-state index in [1.54, 1.807) is 19.9 Å². The van der Waals surface area contributed by atoms with Gasteiger partial charge in [0.1, 0.15) is 5.75 Å². The Hall–Kier alpha value is -2.08. The van der Waals surface area contributed by atoms with E-state index in [1.807, 2.05) is 0 Å².